The number of nitrogens with one attached hydrogen (secondary N) is 1. The highest BCUT2D eigenvalue weighted by molar-refractivity contribution is 6.30. The van der Waals surface area contributed by atoms with Crippen LogP contribution < -0.4 is 10.1 Å². The van der Waals surface area contributed by atoms with E-state index in [1.54, 1.807) is 12.1 Å². The van der Waals surface area contributed by atoms with E-state index in [4.69, 9.17) is 16.3 Å². The standard InChI is InChI=1S/C17H26ClNO2/c1-13(14-6-3-2-4-7-14)19-11-16(20)12-21-17-9-5-8-15(18)10-17/h5,8-10,13-14,16,19-20H,2-4,6-7,11-12H2,1H3. The Morgan fingerprint density at radius 3 is 2.81 bits per heavy atom. The molecule has 0 amide bonds. The summed E-state index contributed by atoms with van der Waals surface area (Å²) in [6.45, 7) is 3.07. The molecule has 118 valence electrons. The molecule has 1 aliphatic rings. The molecule has 2 atom stereocenters. The third-order valence-corrected chi connectivity index (χ3v) is 4.51. The molecule has 0 heterocycles. The first-order valence-corrected chi connectivity index (χ1v) is 8.33. The quantitative estimate of drug-likeness (QED) is 0.808. The van der Waals surface area contributed by atoms with E-state index in [1.807, 2.05) is 12.1 Å². The molecule has 1 saturated carbocycles. The second-order valence-electron chi connectivity index (χ2n) is 6.02. The van der Waals surface area contributed by atoms with Gasteiger partial charge in [0.15, 0.2) is 0 Å². The van der Waals surface area contributed by atoms with E-state index in [1.165, 1.54) is 32.1 Å². The summed E-state index contributed by atoms with van der Waals surface area (Å²) < 4.78 is 5.55. The van der Waals surface area contributed by atoms with Gasteiger partial charge in [-0.05, 0) is 43.9 Å². The number of ether oxygens (including phenoxy) is 1. The molecule has 0 spiro atoms. The molecule has 1 aliphatic carbocycles. The summed E-state index contributed by atoms with van der Waals surface area (Å²) >= 11 is 5.89. The van der Waals surface area contributed by atoms with E-state index in [0.717, 1.165) is 5.92 Å². The van der Waals surface area contributed by atoms with Gasteiger partial charge in [0.05, 0.1) is 0 Å². The van der Waals surface area contributed by atoms with Crippen molar-refractivity contribution in [1.82, 2.24) is 5.32 Å². The Kier molecular flexibility index (Phi) is 6.81. The van der Waals surface area contributed by atoms with Gasteiger partial charge in [-0.15, -0.1) is 0 Å². The fourth-order valence-electron chi connectivity index (χ4n) is 2.93. The highest BCUT2D eigenvalue weighted by Gasteiger charge is 2.20. The van der Waals surface area contributed by atoms with Crippen molar-refractivity contribution in [1.29, 1.82) is 0 Å². The summed E-state index contributed by atoms with van der Waals surface area (Å²) in [5, 5.41) is 14.1. The Hall–Kier alpha value is -0.770. The summed E-state index contributed by atoms with van der Waals surface area (Å²) in [4.78, 5) is 0. The van der Waals surface area contributed by atoms with Crippen LogP contribution in [-0.2, 0) is 0 Å². The minimum atomic E-state index is -0.505. The predicted octanol–water partition coefficient (Wildman–Crippen LogP) is 3.64. The molecule has 2 unspecified atom stereocenters. The minimum Gasteiger partial charge on any atom is -0.491 e. The van der Waals surface area contributed by atoms with Gasteiger partial charge in [0, 0.05) is 17.6 Å². The molecular formula is C17H26ClNO2. The summed E-state index contributed by atoms with van der Waals surface area (Å²) in [7, 11) is 0. The van der Waals surface area contributed by atoms with Gasteiger partial charge in [0.2, 0.25) is 0 Å². The molecule has 2 N–H and O–H groups in total. The first kappa shape index (κ1) is 16.6. The molecule has 1 fully saturated rings. The minimum absolute atomic E-state index is 0.282. The molecule has 4 heteroatoms. The molecule has 0 aliphatic heterocycles. The van der Waals surface area contributed by atoms with Crippen LogP contribution in [0.25, 0.3) is 0 Å². The highest BCUT2D eigenvalue weighted by atomic mass is 35.5. The lowest BCUT2D eigenvalue weighted by atomic mass is 9.84. The maximum Gasteiger partial charge on any atom is 0.120 e. The van der Waals surface area contributed by atoms with Crippen molar-refractivity contribution in [3.63, 3.8) is 0 Å². The lowest BCUT2D eigenvalue weighted by Crippen LogP contribution is -2.40. The van der Waals surface area contributed by atoms with Crippen molar-refractivity contribution in [2.24, 2.45) is 5.92 Å². The molecule has 0 aromatic heterocycles. The van der Waals surface area contributed by atoms with E-state index in [-0.39, 0.29) is 6.61 Å². The van der Waals surface area contributed by atoms with Crippen LogP contribution in [0.4, 0.5) is 0 Å². The van der Waals surface area contributed by atoms with Gasteiger partial charge >= 0.3 is 0 Å². The summed E-state index contributed by atoms with van der Waals surface area (Å²) in [5.41, 5.74) is 0. The van der Waals surface area contributed by atoms with Gasteiger partial charge in [-0.3, -0.25) is 0 Å². The van der Waals surface area contributed by atoms with Gasteiger partial charge in [0.1, 0.15) is 18.5 Å². The number of rotatable bonds is 7. The molecule has 1 aromatic carbocycles. The van der Waals surface area contributed by atoms with E-state index in [9.17, 15) is 5.11 Å². The number of hydrogen-bond acceptors (Lipinski definition) is 3. The van der Waals surface area contributed by atoms with Crippen molar-refractivity contribution in [2.45, 2.75) is 51.2 Å². The van der Waals surface area contributed by atoms with Crippen molar-refractivity contribution < 1.29 is 9.84 Å². The van der Waals surface area contributed by atoms with Gasteiger partial charge in [-0.2, -0.15) is 0 Å². The maximum absolute atomic E-state index is 10.0. The van der Waals surface area contributed by atoms with Gasteiger partial charge < -0.3 is 15.2 Å². The van der Waals surface area contributed by atoms with Crippen molar-refractivity contribution in [3.05, 3.63) is 29.3 Å². The zero-order chi connectivity index (χ0) is 15.1. The first-order valence-electron chi connectivity index (χ1n) is 7.95. The average Bonchev–Trinajstić information content (AvgIpc) is 2.51. The van der Waals surface area contributed by atoms with Gasteiger partial charge in [-0.1, -0.05) is 36.9 Å². The SMILES string of the molecule is CC(NCC(O)COc1cccc(Cl)c1)C1CCCCC1. The van der Waals surface area contributed by atoms with E-state index >= 15 is 0 Å². The number of halogens is 1. The van der Waals surface area contributed by atoms with Crippen LogP contribution >= 0.6 is 11.6 Å². The second kappa shape index (κ2) is 8.62. The second-order valence-corrected chi connectivity index (χ2v) is 6.45. The number of aliphatic hydroxyl groups excluding tert-OH is 1. The molecule has 0 radical (unpaired) electrons. The van der Waals surface area contributed by atoms with Crippen LogP contribution in [0.2, 0.25) is 5.02 Å². The number of benzene rings is 1. The molecule has 3 nitrogen and oxygen atoms in total. The maximum atomic E-state index is 10.0. The van der Waals surface area contributed by atoms with Crippen LogP contribution in [0.5, 0.6) is 5.75 Å². The number of aliphatic hydroxyl groups is 1. The Labute approximate surface area is 132 Å². The van der Waals surface area contributed by atoms with Crippen molar-refractivity contribution >= 4 is 11.6 Å². The first-order chi connectivity index (χ1) is 10.1. The molecule has 0 saturated heterocycles. The fraction of sp³-hybridized carbons (Fsp3) is 0.647. The Balaban J connectivity index is 1.66. The lowest BCUT2D eigenvalue weighted by Gasteiger charge is -2.29. The van der Waals surface area contributed by atoms with Crippen LogP contribution in [0, 0.1) is 5.92 Å². The Bertz CT molecular complexity index is 421. The molecular weight excluding hydrogens is 286 g/mol. The monoisotopic (exact) mass is 311 g/mol. The zero-order valence-corrected chi connectivity index (χ0v) is 13.5. The highest BCUT2D eigenvalue weighted by Crippen LogP contribution is 2.26. The predicted molar refractivity (Wildman–Crippen MR) is 87.0 cm³/mol. The summed E-state index contributed by atoms with van der Waals surface area (Å²) in [6.07, 6.45) is 6.18. The lowest BCUT2D eigenvalue weighted by molar-refractivity contribution is 0.100. The van der Waals surface area contributed by atoms with Crippen molar-refractivity contribution in [3.8, 4) is 5.75 Å². The van der Waals surface area contributed by atoms with E-state index in [0.29, 0.717) is 23.4 Å². The fourth-order valence-corrected chi connectivity index (χ4v) is 3.11. The van der Waals surface area contributed by atoms with Gasteiger partial charge in [0.25, 0.3) is 0 Å². The number of hydrogen-bond donors (Lipinski definition) is 2. The van der Waals surface area contributed by atoms with Gasteiger partial charge in [-0.25, -0.2) is 0 Å². The van der Waals surface area contributed by atoms with E-state index in [2.05, 4.69) is 12.2 Å². The largest absolute Gasteiger partial charge is 0.491 e. The summed E-state index contributed by atoms with van der Waals surface area (Å²) in [5.74, 6) is 1.45. The molecule has 0 bridgehead atoms. The topological polar surface area (TPSA) is 41.5 Å². The molecule has 1 aromatic rings. The molecule has 21 heavy (non-hydrogen) atoms. The summed E-state index contributed by atoms with van der Waals surface area (Å²) in [6, 6.07) is 7.71. The van der Waals surface area contributed by atoms with Crippen molar-refractivity contribution in [2.75, 3.05) is 13.2 Å². The van der Waals surface area contributed by atoms with Crippen LogP contribution in [0.3, 0.4) is 0 Å². The normalized spacial score (nSPS) is 19.2. The van der Waals surface area contributed by atoms with Crippen LogP contribution in [0.15, 0.2) is 24.3 Å². The molecule has 2 rings (SSSR count). The Morgan fingerprint density at radius 1 is 1.33 bits per heavy atom. The smallest absolute Gasteiger partial charge is 0.120 e. The van der Waals surface area contributed by atoms with E-state index < -0.39 is 6.10 Å². The van der Waals surface area contributed by atoms with Crippen LogP contribution in [0.1, 0.15) is 39.0 Å². The average molecular weight is 312 g/mol. The zero-order valence-electron chi connectivity index (χ0n) is 12.7. The van der Waals surface area contributed by atoms with Crippen LogP contribution in [-0.4, -0.2) is 30.4 Å². The third kappa shape index (κ3) is 5.85. The Morgan fingerprint density at radius 2 is 2.10 bits per heavy atom. The third-order valence-electron chi connectivity index (χ3n) is 4.27.